The van der Waals surface area contributed by atoms with Gasteiger partial charge in [0.2, 0.25) is 0 Å². The lowest BCUT2D eigenvalue weighted by molar-refractivity contribution is -0.126. The van der Waals surface area contributed by atoms with Gasteiger partial charge in [-0.05, 0) is 18.6 Å². The van der Waals surface area contributed by atoms with Gasteiger partial charge in [-0.1, -0.05) is 69.6 Å². The fraction of sp³-hybridized carbons (Fsp3) is 0.176. The van der Waals surface area contributed by atoms with Gasteiger partial charge in [-0.3, -0.25) is 4.79 Å². The zero-order valence-electron chi connectivity index (χ0n) is 12.2. The predicted molar refractivity (Wildman–Crippen MR) is 90.7 cm³/mol. The van der Waals surface area contributed by atoms with Crippen molar-refractivity contribution in [2.75, 3.05) is 6.61 Å². The van der Waals surface area contributed by atoms with Gasteiger partial charge in [-0.2, -0.15) is 0 Å². The molecule has 22 heavy (non-hydrogen) atoms. The first-order chi connectivity index (χ1) is 10.7. The number of amides is 1. The number of halogens is 1. The van der Waals surface area contributed by atoms with Gasteiger partial charge in [0.15, 0.2) is 6.61 Å². The van der Waals surface area contributed by atoms with Crippen LogP contribution in [0.1, 0.15) is 24.1 Å². The number of hydrogen-bond acceptors (Lipinski definition) is 3. The highest BCUT2D eigenvalue weighted by Crippen LogP contribution is 2.13. The third-order valence-corrected chi connectivity index (χ3v) is 3.77. The van der Waals surface area contributed by atoms with Gasteiger partial charge in [0, 0.05) is 10.0 Å². The summed E-state index contributed by atoms with van der Waals surface area (Å²) >= 11 is 3.41. The Morgan fingerprint density at radius 2 is 1.91 bits per heavy atom. The summed E-state index contributed by atoms with van der Waals surface area (Å²) in [5, 5.41) is 6.67. The second-order valence-corrected chi connectivity index (χ2v) is 5.58. The molecule has 0 fully saturated rings. The summed E-state index contributed by atoms with van der Waals surface area (Å²) < 4.78 is 0.921. The van der Waals surface area contributed by atoms with Gasteiger partial charge >= 0.3 is 0 Å². The quantitative estimate of drug-likeness (QED) is 0.630. The Bertz CT molecular complexity index is 644. The minimum atomic E-state index is -0.208. The first-order valence-electron chi connectivity index (χ1n) is 6.91. The van der Waals surface area contributed by atoms with Crippen molar-refractivity contribution in [1.29, 1.82) is 0 Å². The van der Waals surface area contributed by atoms with E-state index in [1.54, 1.807) is 6.21 Å². The molecule has 0 saturated carbocycles. The molecule has 0 radical (unpaired) electrons. The topological polar surface area (TPSA) is 50.7 Å². The number of nitrogens with one attached hydrogen (secondary N) is 1. The molecule has 0 aromatic heterocycles. The second-order valence-electron chi connectivity index (χ2n) is 4.73. The van der Waals surface area contributed by atoms with E-state index in [2.05, 4.69) is 26.4 Å². The van der Waals surface area contributed by atoms with E-state index in [1.807, 2.05) is 61.5 Å². The van der Waals surface area contributed by atoms with Crippen LogP contribution >= 0.6 is 15.9 Å². The third kappa shape index (κ3) is 5.00. The molecule has 1 amide bonds. The molecule has 0 bridgehead atoms. The normalized spacial score (nSPS) is 12.1. The predicted octanol–water partition coefficient (Wildman–Crippen LogP) is 3.68. The molecule has 0 aliphatic carbocycles. The SMILES string of the molecule is C[C@H](NC(=O)CO/N=C\c1ccccc1Br)c1ccccc1. The highest BCUT2D eigenvalue weighted by atomic mass is 79.9. The third-order valence-electron chi connectivity index (χ3n) is 3.04. The molecular weight excluding hydrogens is 344 g/mol. The van der Waals surface area contributed by atoms with Crippen molar-refractivity contribution < 1.29 is 9.63 Å². The smallest absolute Gasteiger partial charge is 0.261 e. The van der Waals surface area contributed by atoms with Gasteiger partial charge in [0.1, 0.15) is 0 Å². The minimum Gasteiger partial charge on any atom is -0.386 e. The monoisotopic (exact) mass is 360 g/mol. The molecule has 0 unspecified atom stereocenters. The maximum Gasteiger partial charge on any atom is 0.261 e. The van der Waals surface area contributed by atoms with Gasteiger partial charge in [-0.15, -0.1) is 0 Å². The van der Waals surface area contributed by atoms with Crippen molar-refractivity contribution in [2.45, 2.75) is 13.0 Å². The number of nitrogens with zero attached hydrogens (tertiary/aromatic N) is 1. The van der Waals surface area contributed by atoms with Crippen molar-refractivity contribution in [3.8, 4) is 0 Å². The summed E-state index contributed by atoms with van der Waals surface area (Å²) in [6.07, 6.45) is 1.57. The first-order valence-corrected chi connectivity index (χ1v) is 7.70. The van der Waals surface area contributed by atoms with Crippen LogP contribution in [0.15, 0.2) is 64.2 Å². The number of oxime groups is 1. The fourth-order valence-corrected chi connectivity index (χ4v) is 2.27. The molecule has 0 aliphatic heterocycles. The van der Waals surface area contributed by atoms with Crippen LogP contribution in [0.3, 0.4) is 0 Å². The summed E-state index contributed by atoms with van der Waals surface area (Å²) in [6, 6.07) is 17.3. The van der Waals surface area contributed by atoms with Crippen molar-refractivity contribution in [3.05, 3.63) is 70.2 Å². The summed E-state index contributed by atoms with van der Waals surface area (Å²) in [5.74, 6) is -0.208. The van der Waals surface area contributed by atoms with Gasteiger partial charge < -0.3 is 10.2 Å². The maximum atomic E-state index is 11.8. The molecule has 0 saturated heterocycles. The summed E-state index contributed by atoms with van der Waals surface area (Å²) in [7, 11) is 0. The number of benzene rings is 2. The maximum absolute atomic E-state index is 11.8. The number of carbonyl (C=O) groups is 1. The van der Waals surface area contributed by atoms with E-state index >= 15 is 0 Å². The zero-order valence-corrected chi connectivity index (χ0v) is 13.8. The van der Waals surface area contributed by atoms with Crippen LogP contribution in [0.25, 0.3) is 0 Å². The first kappa shape index (κ1) is 16.2. The average Bonchev–Trinajstić information content (AvgIpc) is 2.54. The van der Waals surface area contributed by atoms with Crippen LogP contribution in [-0.4, -0.2) is 18.7 Å². The molecule has 2 aromatic rings. The number of rotatable bonds is 6. The van der Waals surface area contributed by atoms with Crippen molar-refractivity contribution in [3.63, 3.8) is 0 Å². The highest BCUT2D eigenvalue weighted by Gasteiger charge is 2.09. The average molecular weight is 361 g/mol. The molecule has 5 heteroatoms. The Labute approximate surface area is 138 Å². The van der Waals surface area contributed by atoms with Crippen LogP contribution in [0.2, 0.25) is 0 Å². The van der Waals surface area contributed by atoms with Crippen LogP contribution in [0.5, 0.6) is 0 Å². The van der Waals surface area contributed by atoms with E-state index in [0.717, 1.165) is 15.6 Å². The summed E-state index contributed by atoms with van der Waals surface area (Å²) in [6.45, 7) is 1.82. The molecule has 0 aliphatic rings. The lowest BCUT2D eigenvalue weighted by Crippen LogP contribution is -2.29. The zero-order chi connectivity index (χ0) is 15.8. The fourth-order valence-electron chi connectivity index (χ4n) is 1.88. The molecule has 1 atom stereocenters. The molecular formula is C17H17BrN2O2. The molecule has 2 rings (SSSR count). The number of hydrogen-bond donors (Lipinski definition) is 1. The Kier molecular flexibility index (Phi) is 6.15. The highest BCUT2D eigenvalue weighted by molar-refractivity contribution is 9.10. The van der Waals surface area contributed by atoms with Crippen LogP contribution in [0, 0.1) is 0 Å². The van der Waals surface area contributed by atoms with E-state index in [1.165, 1.54) is 0 Å². The Hall–Kier alpha value is -2.14. The summed E-state index contributed by atoms with van der Waals surface area (Å²) in [4.78, 5) is 16.8. The molecule has 1 N–H and O–H groups in total. The summed E-state index contributed by atoms with van der Waals surface area (Å²) in [5.41, 5.74) is 1.94. The molecule has 114 valence electrons. The van der Waals surface area contributed by atoms with Crippen LogP contribution < -0.4 is 5.32 Å². The van der Waals surface area contributed by atoms with E-state index in [4.69, 9.17) is 4.84 Å². The van der Waals surface area contributed by atoms with Crippen molar-refractivity contribution >= 4 is 28.1 Å². The Morgan fingerprint density at radius 1 is 1.23 bits per heavy atom. The van der Waals surface area contributed by atoms with E-state index in [-0.39, 0.29) is 18.6 Å². The Balaban J connectivity index is 1.77. The molecule has 4 nitrogen and oxygen atoms in total. The standard InChI is InChI=1S/C17H17BrN2O2/c1-13(14-7-3-2-4-8-14)20-17(21)12-22-19-11-15-9-5-6-10-16(15)18/h2-11,13H,12H2,1H3,(H,20,21)/b19-11-/t13-/m0/s1. The minimum absolute atomic E-state index is 0.0652. The molecule has 0 heterocycles. The lowest BCUT2D eigenvalue weighted by Gasteiger charge is -2.13. The van der Waals surface area contributed by atoms with Gasteiger partial charge in [-0.25, -0.2) is 0 Å². The van der Waals surface area contributed by atoms with Crippen molar-refractivity contribution in [1.82, 2.24) is 5.32 Å². The largest absolute Gasteiger partial charge is 0.386 e. The van der Waals surface area contributed by atoms with E-state index in [9.17, 15) is 4.79 Å². The van der Waals surface area contributed by atoms with Crippen molar-refractivity contribution in [2.24, 2.45) is 5.16 Å². The molecule has 2 aromatic carbocycles. The van der Waals surface area contributed by atoms with E-state index in [0.29, 0.717) is 0 Å². The second kappa shape index (κ2) is 8.34. The number of carbonyl (C=O) groups excluding carboxylic acids is 1. The van der Waals surface area contributed by atoms with Crippen LogP contribution in [0.4, 0.5) is 0 Å². The lowest BCUT2D eigenvalue weighted by atomic mass is 10.1. The van der Waals surface area contributed by atoms with Gasteiger partial charge in [0.05, 0.1) is 12.3 Å². The van der Waals surface area contributed by atoms with Gasteiger partial charge in [0.25, 0.3) is 5.91 Å². The Morgan fingerprint density at radius 3 is 2.64 bits per heavy atom. The molecule has 0 spiro atoms. The van der Waals surface area contributed by atoms with E-state index < -0.39 is 0 Å². The van der Waals surface area contributed by atoms with Crippen LogP contribution in [-0.2, 0) is 9.63 Å².